The van der Waals surface area contributed by atoms with Crippen molar-refractivity contribution >= 4 is 33.2 Å². The molecule has 242 valence electrons. The molecule has 2 fully saturated rings. The lowest BCUT2D eigenvalue weighted by atomic mass is 9.77. The van der Waals surface area contributed by atoms with Crippen molar-refractivity contribution in [3.63, 3.8) is 0 Å². The number of hydrogen-bond acceptors (Lipinski definition) is 7. The Labute approximate surface area is 271 Å². The molecule has 1 amide bonds. The number of carbonyl (C=O) groups excluding carboxylic acids is 1. The number of piperazine rings is 1. The molecular weight excluding hydrogens is 614 g/mol. The van der Waals surface area contributed by atoms with Crippen molar-refractivity contribution in [2.24, 2.45) is 0 Å². The number of hydrogen-bond donors (Lipinski definition) is 0. The van der Waals surface area contributed by atoms with Crippen molar-refractivity contribution in [3.8, 4) is 17.2 Å². The maximum Gasteiger partial charge on any atom is 0.242 e. The summed E-state index contributed by atoms with van der Waals surface area (Å²) in [5, 5.41) is 0.662. The second-order valence-electron chi connectivity index (χ2n) is 11.7. The minimum Gasteiger partial charge on any atom is -0.495 e. The molecule has 2 aliphatic rings. The predicted octanol–water partition coefficient (Wildman–Crippen LogP) is 5.39. The first kappa shape index (κ1) is 32.9. The third-order valence-corrected chi connectivity index (χ3v) is 11.3. The van der Waals surface area contributed by atoms with Crippen LogP contribution >= 0.6 is 11.6 Å². The number of carbonyl (C=O) groups is 1. The van der Waals surface area contributed by atoms with Crippen LogP contribution in [0.3, 0.4) is 0 Å². The molecular formula is C34H42ClN3O6S. The molecule has 0 radical (unpaired) electrons. The van der Waals surface area contributed by atoms with Crippen molar-refractivity contribution in [1.82, 2.24) is 9.21 Å². The molecule has 3 aromatic rings. The molecule has 45 heavy (non-hydrogen) atoms. The van der Waals surface area contributed by atoms with Gasteiger partial charge in [0.1, 0.15) is 5.75 Å². The van der Waals surface area contributed by atoms with Gasteiger partial charge >= 0.3 is 0 Å². The monoisotopic (exact) mass is 655 g/mol. The summed E-state index contributed by atoms with van der Waals surface area (Å²) in [6.07, 6.45) is 4.22. The van der Waals surface area contributed by atoms with Gasteiger partial charge in [0.15, 0.2) is 11.5 Å². The van der Waals surface area contributed by atoms with Gasteiger partial charge in [-0.25, -0.2) is 12.7 Å². The van der Waals surface area contributed by atoms with Crippen LogP contribution < -0.4 is 19.1 Å². The van der Waals surface area contributed by atoms with Crippen LogP contribution in [-0.4, -0.2) is 84.6 Å². The van der Waals surface area contributed by atoms with E-state index in [9.17, 15) is 13.2 Å². The maximum atomic E-state index is 14.0. The average Bonchev–Trinajstić information content (AvgIpc) is 3.58. The van der Waals surface area contributed by atoms with Gasteiger partial charge in [-0.05, 0) is 72.9 Å². The number of methoxy groups -OCH3 is 3. The zero-order valence-corrected chi connectivity index (χ0v) is 28.0. The number of sulfonamides is 1. The van der Waals surface area contributed by atoms with E-state index in [4.69, 9.17) is 25.8 Å². The lowest BCUT2D eigenvalue weighted by molar-refractivity contribution is -0.137. The normalized spacial score (nSPS) is 16.6. The minimum atomic E-state index is -3.78. The number of benzene rings is 3. The number of likely N-dealkylation sites (N-methyl/N-ethyl adjacent to an activating group) is 1. The van der Waals surface area contributed by atoms with Gasteiger partial charge in [0.25, 0.3) is 0 Å². The number of ether oxygens (including phenoxy) is 3. The highest BCUT2D eigenvalue weighted by Crippen LogP contribution is 2.43. The van der Waals surface area contributed by atoms with E-state index < -0.39 is 15.4 Å². The van der Waals surface area contributed by atoms with Crippen LogP contribution in [0.1, 0.15) is 36.8 Å². The van der Waals surface area contributed by atoms with Crippen LogP contribution in [0.2, 0.25) is 5.02 Å². The molecule has 1 saturated heterocycles. The number of rotatable bonds is 11. The molecule has 5 rings (SSSR count). The summed E-state index contributed by atoms with van der Waals surface area (Å²) in [6, 6.07) is 18.3. The third kappa shape index (κ3) is 6.73. The molecule has 0 unspecified atom stereocenters. The standard InChI is InChI=1S/C34H42ClN3O6S/c1-36(18-15-25-7-13-31(43-3)32(23-25)44-4)45(40,41)28-12-14-30(42-2)29(24-28)37-19-21-38(22-20-37)33(39)34(16-5-6-17-34)26-8-10-27(35)11-9-26/h7-14,23-24H,5-6,15-22H2,1-4H3. The Balaban J connectivity index is 1.28. The second-order valence-corrected chi connectivity index (χ2v) is 14.2. The van der Waals surface area contributed by atoms with Gasteiger partial charge in [0.05, 0.1) is 37.3 Å². The molecule has 3 aromatic carbocycles. The predicted molar refractivity (Wildman–Crippen MR) is 176 cm³/mol. The first-order valence-electron chi connectivity index (χ1n) is 15.3. The third-order valence-electron chi connectivity index (χ3n) is 9.19. The fourth-order valence-electron chi connectivity index (χ4n) is 6.53. The molecule has 1 heterocycles. The quantitative estimate of drug-likeness (QED) is 0.274. The molecule has 0 bridgehead atoms. The van der Waals surface area contributed by atoms with Crippen molar-refractivity contribution < 1.29 is 27.4 Å². The van der Waals surface area contributed by atoms with E-state index in [-0.39, 0.29) is 17.3 Å². The van der Waals surface area contributed by atoms with E-state index in [1.165, 1.54) is 4.31 Å². The number of amides is 1. The first-order chi connectivity index (χ1) is 21.6. The zero-order valence-electron chi connectivity index (χ0n) is 26.4. The highest BCUT2D eigenvalue weighted by Gasteiger charge is 2.45. The molecule has 0 aromatic heterocycles. The van der Waals surface area contributed by atoms with E-state index in [0.29, 0.717) is 60.6 Å². The van der Waals surface area contributed by atoms with Crippen LogP contribution in [0.4, 0.5) is 5.69 Å². The van der Waals surface area contributed by atoms with Crippen LogP contribution in [0, 0.1) is 0 Å². The Bertz CT molecular complexity index is 1600. The summed E-state index contributed by atoms with van der Waals surface area (Å²) in [5.74, 6) is 1.99. The Kier molecular flexibility index (Phi) is 10.2. The molecule has 1 aliphatic heterocycles. The smallest absolute Gasteiger partial charge is 0.242 e. The summed E-state index contributed by atoms with van der Waals surface area (Å²) >= 11 is 6.15. The second kappa shape index (κ2) is 13.9. The summed E-state index contributed by atoms with van der Waals surface area (Å²) < 4.78 is 45.0. The van der Waals surface area contributed by atoms with Crippen LogP contribution in [-0.2, 0) is 26.7 Å². The average molecular weight is 656 g/mol. The molecule has 0 spiro atoms. The van der Waals surface area contributed by atoms with E-state index in [1.807, 2.05) is 47.4 Å². The Hall–Kier alpha value is -3.47. The lowest BCUT2D eigenvalue weighted by Crippen LogP contribution is -2.54. The van der Waals surface area contributed by atoms with Crippen LogP contribution in [0.5, 0.6) is 17.2 Å². The largest absolute Gasteiger partial charge is 0.495 e. The lowest BCUT2D eigenvalue weighted by Gasteiger charge is -2.41. The molecule has 0 N–H and O–H groups in total. The Morgan fingerprint density at radius 2 is 1.47 bits per heavy atom. The number of nitrogens with zero attached hydrogens (tertiary/aromatic N) is 3. The fraction of sp³-hybridized carbons (Fsp3) is 0.441. The zero-order chi connectivity index (χ0) is 32.2. The molecule has 9 nitrogen and oxygen atoms in total. The Morgan fingerprint density at radius 3 is 2.09 bits per heavy atom. The SMILES string of the molecule is COc1ccc(CCN(C)S(=O)(=O)c2ccc(OC)c(N3CCN(C(=O)C4(c5ccc(Cl)cc5)CCCC4)CC3)c2)cc1OC. The van der Waals surface area contributed by atoms with Gasteiger partial charge in [-0.2, -0.15) is 0 Å². The van der Waals surface area contributed by atoms with Crippen molar-refractivity contribution in [2.45, 2.75) is 42.4 Å². The highest BCUT2D eigenvalue weighted by molar-refractivity contribution is 7.89. The van der Waals surface area contributed by atoms with Crippen LogP contribution in [0.25, 0.3) is 0 Å². The fourth-order valence-corrected chi connectivity index (χ4v) is 7.84. The minimum absolute atomic E-state index is 0.168. The molecule has 1 aliphatic carbocycles. The van der Waals surface area contributed by atoms with Crippen LogP contribution in [0.15, 0.2) is 65.6 Å². The van der Waals surface area contributed by atoms with E-state index in [1.54, 1.807) is 46.6 Å². The van der Waals surface area contributed by atoms with Gasteiger partial charge in [0, 0.05) is 44.8 Å². The van der Waals surface area contributed by atoms with Gasteiger partial charge in [-0.3, -0.25) is 4.79 Å². The molecule has 0 atom stereocenters. The van der Waals surface area contributed by atoms with E-state index in [2.05, 4.69) is 4.90 Å². The van der Waals surface area contributed by atoms with E-state index in [0.717, 1.165) is 36.8 Å². The van der Waals surface area contributed by atoms with Gasteiger partial charge in [-0.15, -0.1) is 0 Å². The van der Waals surface area contributed by atoms with Gasteiger partial charge in [0.2, 0.25) is 15.9 Å². The van der Waals surface area contributed by atoms with Gasteiger partial charge in [-0.1, -0.05) is 42.6 Å². The van der Waals surface area contributed by atoms with Crippen molar-refractivity contribution in [2.75, 3.05) is 66.0 Å². The summed E-state index contributed by atoms with van der Waals surface area (Å²) in [4.78, 5) is 18.3. The first-order valence-corrected chi connectivity index (χ1v) is 17.1. The summed E-state index contributed by atoms with van der Waals surface area (Å²) in [6.45, 7) is 2.50. The topological polar surface area (TPSA) is 88.6 Å². The van der Waals surface area contributed by atoms with Crippen molar-refractivity contribution in [3.05, 3.63) is 76.8 Å². The maximum absolute atomic E-state index is 14.0. The number of halogens is 1. The highest BCUT2D eigenvalue weighted by atomic mass is 35.5. The van der Waals surface area contributed by atoms with Gasteiger partial charge < -0.3 is 24.0 Å². The molecule has 11 heteroatoms. The summed E-state index contributed by atoms with van der Waals surface area (Å²) in [7, 11) is 2.54. The summed E-state index contributed by atoms with van der Waals surface area (Å²) in [5.41, 5.74) is 2.16. The Morgan fingerprint density at radius 1 is 0.844 bits per heavy atom. The van der Waals surface area contributed by atoms with Crippen molar-refractivity contribution in [1.29, 1.82) is 0 Å². The van der Waals surface area contributed by atoms with E-state index >= 15 is 0 Å². The molecule has 1 saturated carbocycles. The number of anilines is 1.